The third kappa shape index (κ3) is 4.03. The Kier molecular flexibility index (Phi) is 4.84. The maximum absolute atomic E-state index is 4.48. The van der Waals surface area contributed by atoms with Crippen LogP contribution < -0.4 is 5.32 Å². The third-order valence-corrected chi connectivity index (χ3v) is 2.90. The van der Waals surface area contributed by atoms with Gasteiger partial charge in [0.05, 0.1) is 10.7 Å². The fraction of sp³-hybridized carbons (Fsp3) is 0.545. The highest BCUT2D eigenvalue weighted by Gasteiger charge is 1.98. The normalized spacial score (nSPS) is 10.2. The predicted molar refractivity (Wildman–Crippen MR) is 62.6 cm³/mol. The molecule has 0 aliphatic rings. The quantitative estimate of drug-likeness (QED) is 0.597. The number of allylic oxidation sites excluding steroid dienone is 1. The third-order valence-electron chi connectivity index (χ3n) is 1.86. The van der Waals surface area contributed by atoms with Crippen molar-refractivity contribution in [1.82, 2.24) is 10.3 Å². The van der Waals surface area contributed by atoms with Gasteiger partial charge in [0.15, 0.2) is 0 Å². The van der Waals surface area contributed by atoms with Gasteiger partial charge in [-0.15, -0.1) is 11.3 Å². The highest BCUT2D eigenvalue weighted by Crippen LogP contribution is 2.09. The second kappa shape index (κ2) is 5.94. The maximum atomic E-state index is 4.48. The molecule has 0 spiro atoms. The highest BCUT2D eigenvalue weighted by molar-refractivity contribution is 7.09. The highest BCUT2D eigenvalue weighted by atomic mass is 32.1. The van der Waals surface area contributed by atoms with E-state index in [-0.39, 0.29) is 0 Å². The molecule has 0 aliphatic heterocycles. The molecule has 1 N–H and O–H groups in total. The minimum absolute atomic E-state index is 0.875. The lowest BCUT2D eigenvalue weighted by atomic mass is 10.3. The molecule has 0 bridgehead atoms. The topological polar surface area (TPSA) is 24.9 Å². The number of rotatable bonds is 5. The fourth-order valence-electron chi connectivity index (χ4n) is 1.07. The summed E-state index contributed by atoms with van der Waals surface area (Å²) in [6.07, 6.45) is 3.23. The molecule has 0 fully saturated rings. The van der Waals surface area contributed by atoms with Crippen LogP contribution in [0.3, 0.4) is 0 Å². The molecule has 0 aromatic carbocycles. The summed E-state index contributed by atoms with van der Waals surface area (Å²) >= 11 is 1.75. The summed E-state index contributed by atoms with van der Waals surface area (Å²) in [4.78, 5) is 4.48. The van der Waals surface area contributed by atoms with Crippen molar-refractivity contribution in [1.29, 1.82) is 0 Å². The summed E-state index contributed by atoms with van der Waals surface area (Å²) in [7, 11) is 0. The largest absolute Gasteiger partial charge is 0.308 e. The number of nitrogens with zero attached hydrogens (tertiary/aromatic N) is 1. The average molecular weight is 210 g/mol. The van der Waals surface area contributed by atoms with Crippen molar-refractivity contribution < 1.29 is 0 Å². The Bertz CT molecular complexity index is 298. The maximum Gasteiger partial charge on any atom is 0.0926 e. The minimum Gasteiger partial charge on any atom is -0.308 e. The van der Waals surface area contributed by atoms with Gasteiger partial charge in [0.25, 0.3) is 0 Å². The van der Waals surface area contributed by atoms with Gasteiger partial charge in [-0.2, -0.15) is 0 Å². The van der Waals surface area contributed by atoms with E-state index in [0.29, 0.717) is 0 Å². The zero-order valence-electron chi connectivity index (χ0n) is 9.13. The van der Waals surface area contributed by atoms with Gasteiger partial charge < -0.3 is 5.32 Å². The van der Waals surface area contributed by atoms with Crippen LogP contribution in [0.15, 0.2) is 17.0 Å². The zero-order valence-corrected chi connectivity index (χ0v) is 9.95. The summed E-state index contributed by atoms with van der Waals surface area (Å²) in [6, 6.07) is 0. The van der Waals surface area contributed by atoms with Gasteiger partial charge >= 0.3 is 0 Å². The summed E-state index contributed by atoms with van der Waals surface area (Å²) in [6.45, 7) is 8.17. The minimum atomic E-state index is 0.875. The van der Waals surface area contributed by atoms with Crippen molar-refractivity contribution in [3.8, 4) is 0 Å². The van der Waals surface area contributed by atoms with E-state index in [2.05, 4.69) is 42.5 Å². The molecular weight excluding hydrogens is 192 g/mol. The molecule has 1 aromatic heterocycles. The van der Waals surface area contributed by atoms with Crippen LogP contribution in [-0.4, -0.2) is 11.5 Å². The van der Waals surface area contributed by atoms with Crippen molar-refractivity contribution in [2.75, 3.05) is 6.54 Å². The van der Waals surface area contributed by atoms with Crippen molar-refractivity contribution in [3.05, 3.63) is 27.7 Å². The zero-order chi connectivity index (χ0) is 10.4. The van der Waals surface area contributed by atoms with Gasteiger partial charge in [0.2, 0.25) is 0 Å². The van der Waals surface area contributed by atoms with Crippen LogP contribution in [0, 0.1) is 0 Å². The summed E-state index contributed by atoms with van der Waals surface area (Å²) < 4.78 is 0. The fourth-order valence-corrected chi connectivity index (χ4v) is 1.81. The lowest BCUT2D eigenvalue weighted by Gasteiger charge is -1.98. The van der Waals surface area contributed by atoms with Crippen LogP contribution in [0.2, 0.25) is 0 Å². The van der Waals surface area contributed by atoms with Crippen LogP contribution in [0.1, 0.15) is 31.5 Å². The first-order valence-corrected chi connectivity index (χ1v) is 5.87. The van der Waals surface area contributed by atoms with Gasteiger partial charge in [0.1, 0.15) is 0 Å². The molecule has 0 amide bonds. The SMILES string of the molecule is CCc1nc(CNCC=C(C)C)cs1. The van der Waals surface area contributed by atoms with E-state index in [4.69, 9.17) is 0 Å². The van der Waals surface area contributed by atoms with Gasteiger partial charge in [-0.3, -0.25) is 0 Å². The van der Waals surface area contributed by atoms with Gasteiger partial charge in [0, 0.05) is 18.5 Å². The number of aryl methyl sites for hydroxylation is 1. The number of hydrogen-bond acceptors (Lipinski definition) is 3. The molecule has 0 aliphatic carbocycles. The second-order valence-corrected chi connectivity index (χ2v) is 4.44. The van der Waals surface area contributed by atoms with Gasteiger partial charge in [-0.25, -0.2) is 4.98 Å². The predicted octanol–water partition coefficient (Wildman–Crippen LogP) is 2.76. The molecule has 3 heteroatoms. The van der Waals surface area contributed by atoms with E-state index in [1.807, 2.05) is 0 Å². The number of thiazole rings is 1. The van der Waals surface area contributed by atoms with Crippen molar-refractivity contribution >= 4 is 11.3 Å². The molecule has 1 rings (SSSR count). The Balaban J connectivity index is 2.28. The van der Waals surface area contributed by atoms with Crippen molar-refractivity contribution in [2.24, 2.45) is 0 Å². The van der Waals surface area contributed by atoms with E-state index < -0.39 is 0 Å². The Morgan fingerprint density at radius 2 is 2.36 bits per heavy atom. The first-order chi connectivity index (χ1) is 6.72. The Morgan fingerprint density at radius 1 is 1.57 bits per heavy atom. The van der Waals surface area contributed by atoms with E-state index in [0.717, 1.165) is 25.2 Å². The van der Waals surface area contributed by atoms with Crippen LogP contribution in [0.4, 0.5) is 0 Å². The van der Waals surface area contributed by atoms with Crippen LogP contribution >= 0.6 is 11.3 Å². The number of hydrogen-bond donors (Lipinski definition) is 1. The molecule has 1 heterocycles. The second-order valence-electron chi connectivity index (χ2n) is 3.50. The summed E-state index contributed by atoms with van der Waals surface area (Å²) in [5, 5.41) is 6.70. The van der Waals surface area contributed by atoms with Crippen LogP contribution in [-0.2, 0) is 13.0 Å². The lowest BCUT2D eigenvalue weighted by Crippen LogP contribution is -2.13. The molecule has 1 aromatic rings. The first kappa shape index (κ1) is 11.4. The molecule has 0 unspecified atom stereocenters. The Morgan fingerprint density at radius 3 is 2.93 bits per heavy atom. The first-order valence-electron chi connectivity index (χ1n) is 4.99. The van der Waals surface area contributed by atoms with E-state index >= 15 is 0 Å². The Hall–Kier alpha value is -0.670. The number of aromatic nitrogens is 1. The molecule has 14 heavy (non-hydrogen) atoms. The van der Waals surface area contributed by atoms with Crippen molar-refractivity contribution in [2.45, 2.75) is 33.7 Å². The van der Waals surface area contributed by atoms with Crippen LogP contribution in [0.5, 0.6) is 0 Å². The average Bonchev–Trinajstić information content (AvgIpc) is 2.60. The number of nitrogens with one attached hydrogen (secondary N) is 1. The van der Waals surface area contributed by atoms with Crippen LogP contribution in [0.25, 0.3) is 0 Å². The standard InChI is InChI=1S/C11H18N2S/c1-4-11-13-10(8-14-11)7-12-6-5-9(2)3/h5,8,12H,4,6-7H2,1-3H3. The summed E-state index contributed by atoms with van der Waals surface area (Å²) in [5.74, 6) is 0. The van der Waals surface area contributed by atoms with Gasteiger partial charge in [-0.1, -0.05) is 18.6 Å². The van der Waals surface area contributed by atoms with E-state index in [1.54, 1.807) is 11.3 Å². The molecular formula is C11H18N2S. The molecule has 2 nitrogen and oxygen atoms in total. The molecule has 78 valence electrons. The van der Waals surface area contributed by atoms with E-state index in [1.165, 1.54) is 10.6 Å². The molecule has 0 radical (unpaired) electrons. The lowest BCUT2D eigenvalue weighted by molar-refractivity contribution is 0.739. The van der Waals surface area contributed by atoms with Gasteiger partial charge in [-0.05, 0) is 20.3 Å². The van der Waals surface area contributed by atoms with Crippen molar-refractivity contribution in [3.63, 3.8) is 0 Å². The molecule has 0 atom stereocenters. The summed E-state index contributed by atoms with van der Waals surface area (Å²) in [5.41, 5.74) is 2.51. The molecule has 0 saturated carbocycles. The Labute approximate surface area is 90.1 Å². The smallest absolute Gasteiger partial charge is 0.0926 e. The monoisotopic (exact) mass is 210 g/mol. The molecule has 0 saturated heterocycles. The van der Waals surface area contributed by atoms with E-state index in [9.17, 15) is 0 Å².